The van der Waals surface area contributed by atoms with Crippen LogP contribution in [0.25, 0.3) is 0 Å². The van der Waals surface area contributed by atoms with Crippen LogP contribution >= 0.6 is 0 Å². The molecule has 6 heteroatoms. The lowest BCUT2D eigenvalue weighted by Crippen LogP contribution is -2.31. The topological polar surface area (TPSA) is 67.4 Å². The van der Waals surface area contributed by atoms with E-state index in [2.05, 4.69) is 15.3 Å². The third-order valence-electron chi connectivity index (χ3n) is 3.81. The maximum atomic E-state index is 12.2. The van der Waals surface area contributed by atoms with E-state index in [9.17, 15) is 4.79 Å². The van der Waals surface area contributed by atoms with Gasteiger partial charge >= 0.3 is 0 Å². The molecule has 1 amide bonds. The van der Waals surface area contributed by atoms with Crippen molar-refractivity contribution in [1.29, 1.82) is 0 Å². The van der Waals surface area contributed by atoms with E-state index in [1.807, 2.05) is 38.1 Å². The molecule has 0 aliphatic carbocycles. The largest absolute Gasteiger partial charge is 0.496 e. The Bertz CT molecular complexity index is 654. The van der Waals surface area contributed by atoms with Gasteiger partial charge in [0.15, 0.2) is 0 Å². The normalized spacial score (nSPS) is 10.3. The zero-order valence-corrected chi connectivity index (χ0v) is 14.5. The van der Waals surface area contributed by atoms with Crippen LogP contribution in [0.4, 0.5) is 5.82 Å². The van der Waals surface area contributed by atoms with E-state index in [1.165, 1.54) is 6.20 Å². The number of carbonyl (C=O) groups excluding carboxylic acids is 1. The molecule has 1 aromatic carbocycles. The minimum absolute atomic E-state index is 0.0897. The summed E-state index contributed by atoms with van der Waals surface area (Å²) in [7, 11) is 1.67. The van der Waals surface area contributed by atoms with Gasteiger partial charge in [-0.3, -0.25) is 4.79 Å². The van der Waals surface area contributed by atoms with Crippen LogP contribution < -0.4 is 10.1 Å². The Morgan fingerprint density at radius 2 is 1.92 bits per heavy atom. The molecule has 0 bridgehead atoms. The van der Waals surface area contributed by atoms with Crippen LogP contribution in [-0.4, -0.2) is 47.5 Å². The number of aromatic nitrogens is 2. The molecule has 0 fully saturated rings. The van der Waals surface area contributed by atoms with Crippen LogP contribution in [0.15, 0.2) is 36.7 Å². The Balaban J connectivity index is 1.91. The summed E-state index contributed by atoms with van der Waals surface area (Å²) in [6, 6.07) is 7.93. The molecule has 24 heavy (non-hydrogen) atoms. The van der Waals surface area contributed by atoms with E-state index < -0.39 is 0 Å². The van der Waals surface area contributed by atoms with Gasteiger partial charge in [-0.1, -0.05) is 18.2 Å². The molecule has 2 aromatic rings. The summed E-state index contributed by atoms with van der Waals surface area (Å²) in [4.78, 5) is 22.4. The molecule has 0 aliphatic rings. The van der Waals surface area contributed by atoms with Crippen molar-refractivity contribution in [2.75, 3.05) is 32.1 Å². The third kappa shape index (κ3) is 4.44. The van der Waals surface area contributed by atoms with Gasteiger partial charge in [0.1, 0.15) is 17.3 Å². The predicted octanol–water partition coefficient (Wildman–Crippen LogP) is 2.62. The number of benzene rings is 1. The molecule has 2 rings (SSSR count). The van der Waals surface area contributed by atoms with Gasteiger partial charge in [0.25, 0.3) is 5.91 Å². The summed E-state index contributed by atoms with van der Waals surface area (Å²) < 4.78 is 5.34. The van der Waals surface area contributed by atoms with Crippen molar-refractivity contribution < 1.29 is 9.53 Å². The van der Waals surface area contributed by atoms with E-state index >= 15 is 0 Å². The van der Waals surface area contributed by atoms with Gasteiger partial charge in [0.05, 0.1) is 19.5 Å². The number of ether oxygens (including phenoxy) is 1. The molecule has 0 unspecified atom stereocenters. The first-order valence-electron chi connectivity index (χ1n) is 8.16. The number of nitrogens with zero attached hydrogens (tertiary/aromatic N) is 3. The van der Waals surface area contributed by atoms with Gasteiger partial charge < -0.3 is 15.0 Å². The van der Waals surface area contributed by atoms with Crippen LogP contribution in [-0.2, 0) is 6.42 Å². The van der Waals surface area contributed by atoms with Crippen molar-refractivity contribution in [2.45, 2.75) is 20.3 Å². The molecular formula is C18H24N4O2. The van der Waals surface area contributed by atoms with Gasteiger partial charge in [-0.2, -0.15) is 0 Å². The van der Waals surface area contributed by atoms with Crippen LogP contribution in [0.5, 0.6) is 5.75 Å². The summed E-state index contributed by atoms with van der Waals surface area (Å²) in [6.45, 7) is 5.93. The number of anilines is 1. The Kier molecular flexibility index (Phi) is 6.54. The highest BCUT2D eigenvalue weighted by Gasteiger charge is 2.14. The minimum atomic E-state index is -0.0897. The molecule has 1 heterocycles. The Labute approximate surface area is 142 Å². The number of amides is 1. The Morgan fingerprint density at radius 3 is 2.54 bits per heavy atom. The molecule has 0 saturated heterocycles. The number of para-hydroxylation sites is 1. The zero-order chi connectivity index (χ0) is 17.4. The highest BCUT2D eigenvalue weighted by atomic mass is 16.5. The van der Waals surface area contributed by atoms with Crippen LogP contribution in [0.3, 0.4) is 0 Å². The highest BCUT2D eigenvalue weighted by molar-refractivity contribution is 5.92. The second-order valence-corrected chi connectivity index (χ2v) is 5.25. The smallest absolute Gasteiger partial charge is 0.274 e. The molecule has 0 radical (unpaired) electrons. The molecule has 1 aromatic heterocycles. The summed E-state index contributed by atoms with van der Waals surface area (Å²) in [5, 5.41) is 3.21. The summed E-state index contributed by atoms with van der Waals surface area (Å²) in [6.07, 6.45) is 3.93. The van der Waals surface area contributed by atoms with Crippen molar-refractivity contribution in [2.24, 2.45) is 0 Å². The maximum absolute atomic E-state index is 12.2. The van der Waals surface area contributed by atoms with Crippen LogP contribution in [0, 0.1) is 0 Å². The lowest BCUT2D eigenvalue weighted by atomic mass is 10.1. The van der Waals surface area contributed by atoms with Crippen molar-refractivity contribution in [1.82, 2.24) is 14.9 Å². The van der Waals surface area contributed by atoms with Gasteiger partial charge in [0.2, 0.25) is 0 Å². The first kappa shape index (κ1) is 17.7. The number of methoxy groups -OCH3 is 1. The lowest BCUT2D eigenvalue weighted by molar-refractivity contribution is 0.0766. The summed E-state index contributed by atoms with van der Waals surface area (Å²) in [5.74, 6) is 1.44. The van der Waals surface area contributed by atoms with Crippen molar-refractivity contribution in [3.63, 3.8) is 0 Å². The molecular weight excluding hydrogens is 304 g/mol. The fourth-order valence-electron chi connectivity index (χ4n) is 2.44. The maximum Gasteiger partial charge on any atom is 0.274 e. The first-order chi connectivity index (χ1) is 11.7. The second-order valence-electron chi connectivity index (χ2n) is 5.25. The molecule has 0 atom stereocenters. The zero-order valence-electron chi connectivity index (χ0n) is 14.5. The van der Waals surface area contributed by atoms with E-state index in [0.717, 1.165) is 17.7 Å². The fourth-order valence-corrected chi connectivity index (χ4v) is 2.44. The van der Waals surface area contributed by atoms with E-state index in [1.54, 1.807) is 18.2 Å². The predicted molar refractivity (Wildman–Crippen MR) is 94.5 cm³/mol. The lowest BCUT2D eigenvalue weighted by Gasteiger charge is -2.17. The van der Waals surface area contributed by atoms with Gasteiger partial charge in [0, 0.05) is 19.6 Å². The number of carbonyl (C=O) groups is 1. The average Bonchev–Trinajstić information content (AvgIpc) is 2.63. The number of hydrogen-bond acceptors (Lipinski definition) is 5. The standard InChI is InChI=1S/C18H24N4O2/c1-4-22(5-2)18(23)15-12-21-17(13-20-15)19-11-10-14-8-6-7-9-16(14)24-3/h6-9,12-13H,4-5,10-11H2,1-3H3,(H,19,21). The average molecular weight is 328 g/mol. The fraction of sp³-hybridized carbons (Fsp3) is 0.389. The quantitative estimate of drug-likeness (QED) is 0.807. The van der Waals surface area contributed by atoms with E-state index in [0.29, 0.717) is 31.1 Å². The summed E-state index contributed by atoms with van der Waals surface area (Å²) >= 11 is 0. The molecule has 128 valence electrons. The van der Waals surface area contributed by atoms with Gasteiger partial charge in [-0.25, -0.2) is 9.97 Å². The van der Waals surface area contributed by atoms with Gasteiger partial charge in [-0.05, 0) is 31.9 Å². The molecule has 6 nitrogen and oxygen atoms in total. The highest BCUT2D eigenvalue weighted by Crippen LogP contribution is 2.17. The van der Waals surface area contributed by atoms with Crippen LogP contribution in [0.2, 0.25) is 0 Å². The number of hydrogen-bond donors (Lipinski definition) is 1. The van der Waals surface area contributed by atoms with Crippen molar-refractivity contribution in [3.8, 4) is 5.75 Å². The second kappa shape index (κ2) is 8.86. The SMILES string of the molecule is CCN(CC)C(=O)c1cnc(NCCc2ccccc2OC)cn1. The molecule has 1 N–H and O–H groups in total. The van der Waals surface area contributed by atoms with E-state index in [-0.39, 0.29) is 5.91 Å². The van der Waals surface area contributed by atoms with E-state index in [4.69, 9.17) is 4.74 Å². The number of rotatable bonds is 8. The first-order valence-corrected chi connectivity index (χ1v) is 8.16. The van der Waals surface area contributed by atoms with Gasteiger partial charge in [-0.15, -0.1) is 0 Å². The number of nitrogens with one attached hydrogen (secondary N) is 1. The van der Waals surface area contributed by atoms with Crippen molar-refractivity contribution >= 4 is 11.7 Å². The Hall–Kier alpha value is -2.63. The molecule has 0 aliphatic heterocycles. The Morgan fingerprint density at radius 1 is 1.17 bits per heavy atom. The molecule has 0 spiro atoms. The van der Waals surface area contributed by atoms with Crippen LogP contribution in [0.1, 0.15) is 29.9 Å². The summed E-state index contributed by atoms with van der Waals surface area (Å²) in [5.41, 5.74) is 1.50. The van der Waals surface area contributed by atoms with Crippen molar-refractivity contribution in [3.05, 3.63) is 47.9 Å². The molecule has 0 saturated carbocycles. The minimum Gasteiger partial charge on any atom is -0.496 e. The third-order valence-corrected chi connectivity index (χ3v) is 3.81. The monoisotopic (exact) mass is 328 g/mol.